The molecule has 1 aromatic carbocycles. The molecule has 0 fully saturated rings. The SMILES string of the molecule is FC(F)(F)c1cc(Cl)ccc1NCc1cc(Br)c(Cl)s1. The maximum absolute atomic E-state index is 12.9. The number of halogens is 6. The van der Waals surface area contributed by atoms with Crippen LogP contribution in [0.3, 0.4) is 0 Å². The van der Waals surface area contributed by atoms with E-state index < -0.39 is 11.7 Å². The molecule has 0 saturated carbocycles. The Labute approximate surface area is 135 Å². The highest BCUT2D eigenvalue weighted by Crippen LogP contribution is 2.37. The summed E-state index contributed by atoms with van der Waals surface area (Å²) in [6, 6.07) is 5.40. The third kappa shape index (κ3) is 3.81. The molecule has 0 radical (unpaired) electrons. The molecule has 0 spiro atoms. The molecule has 0 saturated heterocycles. The lowest BCUT2D eigenvalue weighted by Gasteiger charge is -2.14. The Morgan fingerprint density at radius 1 is 1.20 bits per heavy atom. The van der Waals surface area contributed by atoms with Crippen LogP contribution in [-0.2, 0) is 12.7 Å². The van der Waals surface area contributed by atoms with Gasteiger partial charge in [-0.1, -0.05) is 23.2 Å². The van der Waals surface area contributed by atoms with Crippen molar-refractivity contribution in [1.82, 2.24) is 0 Å². The molecule has 1 N–H and O–H groups in total. The molecule has 2 aromatic rings. The van der Waals surface area contributed by atoms with E-state index in [1.807, 2.05) is 0 Å². The van der Waals surface area contributed by atoms with E-state index in [1.165, 1.54) is 23.5 Å². The van der Waals surface area contributed by atoms with Crippen LogP contribution in [-0.4, -0.2) is 0 Å². The molecule has 0 amide bonds. The highest BCUT2D eigenvalue weighted by Gasteiger charge is 2.33. The highest BCUT2D eigenvalue weighted by atomic mass is 79.9. The molecule has 20 heavy (non-hydrogen) atoms. The van der Waals surface area contributed by atoms with Crippen molar-refractivity contribution in [3.8, 4) is 0 Å². The smallest absolute Gasteiger partial charge is 0.380 e. The van der Waals surface area contributed by atoms with Crippen molar-refractivity contribution in [1.29, 1.82) is 0 Å². The first-order valence-corrected chi connectivity index (χ1v) is 7.68. The predicted molar refractivity (Wildman–Crippen MR) is 80.8 cm³/mol. The molecule has 0 unspecified atom stereocenters. The van der Waals surface area contributed by atoms with Gasteiger partial charge in [-0.05, 0) is 40.2 Å². The zero-order chi connectivity index (χ0) is 14.9. The van der Waals surface area contributed by atoms with E-state index in [0.29, 0.717) is 4.34 Å². The van der Waals surface area contributed by atoms with Gasteiger partial charge in [0.2, 0.25) is 0 Å². The number of anilines is 1. The fourth-order valence-corrected chi connectivity index (χ4v) is 3.47. The Bertz CT molecular complexity index is 608. The Balaban J connectivity index is 2.21. The fraction of sp³-hybridized carbons (Fsp3) is 0.167. The van der Waals surface area contributed by atoms with Gasteiger partial charge in [-0.25, -0.2) is 0 Å². The summed E-state index contributed by atoms with van der Waals surface area (Å²) in [5.74, 6) is 0. The summed E-state index contributed by atoms with van der Waals surface area (Å²) in [4.78, 5) is 0.824. The van der Waals surface area contributed by atoms with Crippen LogP contribution in [0.2, 0.25) is 9.36 Å². The van der Waals surface area contributed by atoms with Gasteiger partial charge in [0.1, 0.15) is 4.34 Å². The van der Waals surface area contributed by atoms with Crippen molar-refractivity contribution in [3.63, 3.8) is 0 Å². The van der Waals surface area contributed by atoms with Crippen molar-refractivity contribution >= 4 is 56.2 Å². The zero-order valence-corrected chi connectivity index (χ0v) is 13.6. The van der Waals surface area contributed by atoms with Crippen LogP contribution >= 0.6 is 50.5 Å². The number of nitrogens with one attached hydrogen (secondary N) is 1. The molecule has 0 bridgehead atoms. The lowest BCUT2D eigenvalue weighted by Crippen LogP contribution is -2.10. The third-order valence-electron chi connectivity index (χ3n) is 2.44. The molecule has 0 atom stereocenters. The molecule has 1 nitrogen and oxygen atoms in total. The average molecular weight is 405 g/mol. The predicted octanol–water partition coefficient (Wildman–Crippen LogP) is 6.45. The summed E-state index contributed by atoms with van der Waals surface area (Å²) in [6.07, 6.45) is -4.46. The van der Waals surface area contributed by atoms with E-state index in [-0.39, 0.29) is 17.3 Å². The number of benzene rings is 1. The third-order valence-corrected chi connectivity index (χ3v) is 5.15. The quantitative estimate of drug-likeness (QED) is 0.619. The van der Waals surface area contributed by atoms with Gasteiger partial charge >= 0.3 is 6.18 Å². The van der Waals surface area contributed by atoms with Crippen molar-refractivity contribution in [3.05, 3.63) is 48.5 Å². The van der Waals surface area contributed by atoms with Gasteiger partial charge in [0.15, 0.2) is 0 Å². The van der Waals surface area contributed by atoms with E-state index >= 15 is 0 Å². The van der Waals surface area contributed by atoms with Gasteiger partial charge in [-0.15, -0.1) is 11.3 Å². The van der Waals surface area contributed by atoms with Gasteiger partial charge in [0.25, 0.3) is 0 Å². The molecule has 0 aliphatic carbocycles. The molecule has 1 aromatic heterocycles. The maximum Gasteiger partial charge on any atom is 0.418 e. The van der Waals surface area contributed by atoms with E-state index in [4.69, 9.17) is 23.2 Å². The van der Waals surface area contributed by atoms with Gasteiger partial charge < -0.3 is 5.32 Å². The zero-order valence-electron chi connectivity index (χ0n) is 9.69. The largest absolute Gasteiger partial charge is 0.418 e. The number of hydrogen-bond acceptors (Lipinski definition) is 2. The molecule has 0 aliphatic rings. The Kier molecular flexibility index (Phi) is 4.89. The molecule has 1 heterocycles. The minimum absolute atomic E-state index is 0.0115. The Morgan fingerprint density at radius 3 is 2.45 bits per heavy atom. The minimum Gasteiger partial charge on any atom is -0.380 e. The summed E-state index contributed by atoms with van der Waals surface area (Å²) in [7, 11) is 0. The monoisotopic (exact) mass is 403 g/mol. The van der Waals surface area contributed by atoms with Gasteiger partial charge in [0, 0.05) is 26.6 Å². The van der Waals surface area contributed by atoms with Gasteiger partial charge in [0.05, 0.1) is 5.56 Å². The second kappa shape index (κ2) is 6.13. The number of alkyl halides is 3. The normalized spacial score (nSPS) is 11.7. The number of rotatable bonds is 3. The average Bonchev–Trinajstić information content (AvgIpc) is 2.66. The van der Waals surface area contributed by atoms with Crippen molar-refractivity contribution in [2.24, 2.45) is 0 Å². The van der Waals surface area contributed by atoms with Crippen LogP contribution < -0.4 is 5.32 Å². The minimum atomic E-state index is -4.46. The second-order valence-electron chi connectivity index (χ2n) is 3.88. The van der Waals surface area contributed by atoms with E-state index in [1.54, 1.807) is 6.07 Å². The summed E-state index contributed by atoms with van der Waals surface area (Å²) < 4.78 is 40.0. The molecule has 8 heteroatoms. The lowest BCUT2D eigenvalue weighted by atomic mass is 10.1. The van der Waals surface area contributed by atoms with Gasteiger partial charge in [-0.2, -0.15) is 13.2 Å². The fourth-order valence-electron chi connectivity index (χ4n) is 1.57. The number of hydrogen-bond donors (Lipinski definition) is 1. The van der Waals surface area contributed by atoms with Crippen LogP contribution in [0.15, 0.2) is 28.7 Å². The Hall–Kier alpha value is -0.430. The molecule has 108 valence electrons. The highest BCUT2D eigenvalue weighted by molar-refractivity contribution is 9.10. The van der Waals surface area contributed by atoms with Crippen LogP contribution in [0.5, 0.6) is 0 Å². The maximum atomic E-state index is 12.9. The standard InChI is InChI=1S/C12H7BrCl2F3NS/c13-9-4-7(20-11(9)15)5-19-10-2-1-6(14)3-8(10)12(16,17)18/h1-4,19H,5H2. The molecular formula is C12H7BrCl2F3NS. The van der Waals surface area contributed by atoms with E-state index in [2.05, 4.69) is 21.2 Å². The van der Waals surface area contributed by atoms with Gasteiger partial charge in [-0.3, -0.25) is 0 Å². The second-order valence-corrected chi connectivity index (χ2v) is 6.91. The van der Waals surface area contributed by atoms with E-state index in [0.717, 1.165) is 15.4 Å². The van der Waals surface area contributed by atoms with Crippen molar-refractivity contribution < 1.29 is 13.2 Å². The first-order chi connectivity index (χ1) is 9.27. The first-order valence-electron chi connectivity index (χ1n) is 5.31. The topological polar surface area (TPSA) is 12.0 Å². The van der Waals surface area contributed by atoms with Crippen molar-refractivity contribution in [2.45, 2.75) is 12.7 Å². The van der Waals surface area contributed by atoms with Crippen LogP contribution in [0.4, 0.5) is 18.9 Å². The van der Waals surface area contributed by atoms with Crippen molar-refractivity contribution in [2.75, 3.05) is 5.32 Å². The molecule has 0 aliphatic heterocycles. The first kappa shape index (κ1) is 15.9. The summed E-state index contributed by atoms with van der Waals surface area (Å²) >= 11 is 16.0. The van der Waals surface area contributed by atoms with E-state index in [9.17, 15) is 13.2 Å². The lowest BCUT2D eigenvalue weighted by molar-refractivity contribution is -0.136. The number of thiophene rings is 1. The van der Waals surface area contributed by atoms with Crippen LogP contribution in [0, 0.1) is 0 Å². The summed E-state index contributed by atoms with van der Waals surface area (Å²) in [5, 5.41) is 2.80. The molecule has 2 rings (SSSR count). The Morgan fingerprint density at radius 2 is 1.90 bits per heavy atom. The van der Waals surface area contributed by atoms with Crippen LogP contribution in [0.25, 0.3) is 0 Å². The summed E-state index contributed by atoms with van der Waals surface area (Å²) in [6.45, 7) is 0.251. The van der Waals surface area contributed by atoms with Crippen LogP contribution in [0.1, 0.15) is 10.4 Å². The summed E-state index contributed by atoms with van der Waals surface area (Å²) in [5.41, 5.74) is -0.797. The molecular weight excluding hydrogens is 398 g/mol.